The first-order valence-electron chi connectivity index (χ1n) is 16.7. The van der Waals surface area contributed by atoms with Gasteiger partial charge in [0.25, 0.3) is 5.69 Å². The van der Waals surface area contributed by atoms with Crippen molar-refractivity contribution in [2.24, 2.45) is 20.0 Å². The normalized spacial score (nSPS) is 17.3. The third-order valence-corrected chi connectivity index (χ3v) is 9.26. The van der Waals surface area contributed by atoms with Crippen LogP contribution in [0.25, 0.3) is 22.3 Å². The molecule has 9 rings (SSSR count). The zero-order chi connectivity index (χ0) is 35.2. The quantitative estimate of drug-likeness (QED) is 0.168. The number of non-ortho nitro benzene ring substituents is 1. The average molecular weight is 674 g/mol. The predicted molar refractivity (Wildman–Crippen MR) is 208 cm³/mol. The Morgan fingerprint density at radius 3 is 1.04 bits per heavy atom. The number of nitrogens with zero attached hydrogens (tertiary/aromatic N) is 5. The summed E-state index contributed by atoms with van der Waals surface area (Å²) in [6.45, 7) is 0. The second-order valence-corrected chi connectivity index (χ2v) is 12.4. The van der Waals surface area contributed by atoms with Crippen LogP contribution in [0.1, 0.15) is 22.3 Å². The lowest BCUT2D eigenvalue weighted by Crippen LogP contribution is -2.03. The lowest BCUT2D eigenvalue weighted by Gasteiger charge is -2.12. The van der Waals surface area contributed by atoms with Gasteiger partial charge in [0.1, 0.15) is 5.75 Å². The van der Waals surface area contributed by atoms with Crippen LogP contribution in [-0.2, 0) is 0 Å². The number of hydrogen-bond acceptors (Lipinski definition) is 7. The number of aromatic hydroxyl groups is 1. The van der Waals surface area contributed by atoms with E-state index in [9.17, 15) is 15.2 Å². The standard InChI is InChI=1S/C44H27N5O3/c50-32-17-13-30(14-18-32)44-39-24-22-36(47-39)42(28-9-5-2-6-10-28)34-20-19-33(45-34)41(27-7-3-1-4-8-27)35-21-23-37(46-35)43(38-25-26-40(44)48-38)29-11-15-31(16-12-29)49(51)52/h1-26,50H. The van der Waals surface area contributed by atoms with E-state index < -0.39 is 4.92 Å². The lowest BCUT2D eigenvalue weighted by atomic mass is 9.98. The van der Waals surface area contributed by atoms with Crippen molar-refractivity contribution in [3.63, 3.8) is 0 Å². The Labute approximate surface area is 298 Å². The van der Waals surface area contributed by atoms with Crippen LogP contribution in [0.2, 0.25) is 0 Å². The van der Waals surface area contributed by atoms with E-state index in [0.29, 0.717) is 22.8 Å². The molecule has 0 aromatic heterocycles. The summed E-state index contributed by atoms with van der Waals surface area (Å²) >= 11 is 0. The minimum atomic E-state index is -0.409. The van der Waals surface area contributed by atoms with Crippen LogP contribution in [0.4, 0.5) is 5.69 Å². The van der Waals surface area contributed by atoms with Gasteiger partial charge in [0.05, 0.1) is 50.6 Å². The van der Waals surface area contributed by atoms with E-state index in [1.54, 1.807) is 24.3 Å². The summed E-state index contributed by atoms with van der Waals surface area (Å²) in [7, 11) is 0. The van der Waals surface area contributed by atoms with Crippen molar-refractivity contribution in [1.29, 1.82) is 0 Å². The van der Waals surface area contributed by atoms with E-state index in [4.69, 9.17) is 20.0 Å². The van der Waals surface area contributed by atoms with Gasteiger partial charge < -0.3 is 5.11 Å². The number of phenols is 1. The monoisotopic (exact) mass is 673 g/mol. The molecule has 8 nitrogen and oxygen atoms in total. The first-order chi connectivity index (χ1) is 25.5. The fourth-order valence-corrected chi connectivity index (χ4v) is 6.86. The molecule has 5 aliphatic heterocycles. The molecule has 52 heavy (non-hydrogen) atoms. The van der Waals surface area contributed by atoms with E-state index in [-0.39, 0.29) is 11.4 Å². The third kappa shape index (κ3) is 5.45. The molecular weight excluding hydrogens is 647 g/mol. The molecule has 1 N–H and O–H groups in total. The minimum Gasteiger partial charge on any atom is -0.508 e. The summed E-state index contributed by atoms with van der Waals surface area (Å²) in [4.78, 5) is 32.0. The highest BCUT2D eigenvalue weighted by Gasteiger charge is 2.27. The van der Waals surface area contributed by atoms with Crippen molar-refractivity contribution in [3.05, 3.63) is 213 Å². The maximum atomic E-state index is 11.6. The van der Waals surface area contributed by atoms with Gasteiger partial charge in [0.2, 0.25) is 0 Å². The zero-order valence-electron chi connectivity index (χ0n) is 27.5. The van der Waals surface area contributed by atoms with Crippen LogP contribution in [-0.4, -0.2) is 32.9 Å². The number of benzene rings is 4. The van der Waals surface area contributed by atoms with Crippen molar-refractivity contribution in [2.45, 2.75) is 0 Å². The number of phenolic OH excluding ortho intramolecular Hbond substituents is 1. The summed E-state index contributed by atoms with van der Waals surface area (Å²) in [6, 6.07) is 33.7. The van der Waals surface area contributed by atoms with Gasteiger partial charge >= 0.3 is 0 Å². The van der Waals surface area contributed by atoms with E-state index in [0.717, 1.165) is 67.4 Å². The highest BCUT2D eigenvalue weighted by Crippen LogP contribution is 2.38. The van der Waals surface area contributed by atoms with Gasteiger partial charge in [0, 0.05) is 34.4 Å². The molecule has 5 aliphatic rings. The maximum absolute atomic E-state index is 11.6. The molecule has 0 atom stereocenters. The maximum Gasteiger partial charge on any atom is 0.269 e. The van der Waals surface area contributed by atoms with Crippen LogP contribution in [0, 0.1) is 10.1 Å². The molecule has 0 aliphatic carbocycles. The van der Waals surface area contributed by atoms with Crippen molar-refractivity contribution in [3.8, 4) is 5.75 Å². The highest BCUT2D eigenvalue weighted by molar-refractivity contribution is 6.39. The summed E-state index contributed by atoms with van der Waals surface area (Å²) in [5.41, 5.74) is 12.5. The lowest BCUT2D eigenvalue weighted by molar-refractivity contribution is -0.384. The largest absolute Gasteiger partial charge is 0.508 e. The second-order valence-electron chi connectivity index (χ2n) is 12.4. The molecule has 246 valence electrons. The molecule has 0 amide bonds. The van der Waals surface area contributed by atoms with Gasteiger partial charge in [-0.15, -0.1) is 0 Å². The number of fused-ring (bicyclic) bond motifs is 4. The van der Waals surface area contributed by atoms with Crippen molar-refractivity contribution in [1.82, 2.24) is 0 Å². The first-order valence-corrected chi connectivity index (χ1v) is 16.7. The van der Waals surface area contributed by atoms with Crippen molar-refractivity contribution >= 4 is 50.8 Å². The van der Waals surface area contributed by atoms with Crippen LogP contribution < -0.4 is 0 Å². The molecule has 0 fully saturated rings. The summed E-state index contributed by atoms with van der Waals surface area (Å²) < 4.78 is 0. The van der Waals surface area contributed by atoms with Crippen LogP contribution in [0.5, 0.6) is 5.75 Å². The fraction of sp³-hybridized carbons (Fsp3) is 0. The van der Waals surface area contributed by atoms with Crippen molar-refractivity contribution < 1.29 is 10.0 Å². The average Bonchev–Trinajstić information content (AvgIpc) is 4.01. The topological polar surface area (TPSA) is 113 Å². The Balaban J connectivity index is 1.36. The number of nitro groups is 1. The predicted octanol–water partition coefficient (Wildman–Crippen LogP) is 9.30. The van der Waals surface area contributed by atoms with E-state index in [1.165, 1.54) is 12.1 Å². The molecule has 4 aromatic carbocycles. The summed E-state index contributed by atoms with van der Waals surface area (Å²) in [6.07, 6.45) is 15.9. The number of rotatable bonds is 5. The van der Waals surface area contributed by atoms with Crippen LogP contribution in [0.15, 0.2) is 201 Å². The van der Waals surface area contributed by atoms with E-state index >= 15 is 0 Å². The van der Waals surface area contributed by atoms with Crippen LogP contribution >= 0.6 is 0 Å². The van der Waals surface area contributed by atoms with Gasteiger partial charge in [-0.25, -0.2) is 20.0 Å². The van der Waals surface area contributed by atoms with Crippen LogP contribution in [0.3, 0.4) is 0 Å². The SMILES string of the molecule is O=[N+]([O-])c1ccc(C2=C3C=CC(=N3)C(c3ccccc3)=C3C=CC(=N3)C(c3ccccc3)=C3C=CC(=N3)C(c3ccc(O)cc3)=C3C=CC2=N3)cc1. The minimum absolute atomic E-state index is 0.00429. The zero-order valence-corrected chi connectivity index (χ0v) is 27.5. The van der Waals surface area contributed by atoms with Gasteiger partial charge in [-0.3, -0.25) is 10.1 Å². The van der Waals surface area contributed by atoms with Gasteiger partial charge in [0.15, 0.2) is 0 Å². The summed E-state index contributed by atoms with van der Waals surface area (Å²) in [5, 5.41) is 21.7. The fourth-order valence-electron chi connectivity index (χ4n) is 6.86. The third-order valence-electron chi connectivity index (χ3n) is 9.26. The van der Waals surface area contributed by atoms with Gasteiger partial charge in [-0.1, -0.05) is 72.8 Å². The van der Waals surface area contributed by atoms with Crippen molar-refractivity contribution in [2.75, 3.05) is 0 Å². The molecule has 0 saturated carbocycles. The Morgan fingerprint density at radius 1 is 0.404 bits per heavy atom. The Kier molecular flexibility index (Phi) is 7.40. The molecule has 0 saturated heterocycles. The molecule has 0 spiro atoms. The molecular formula is C44H27N5O3. The summed E-state index contributed by atoms with van der Waals surface area (Å²) in [5.74, 6) is 0.154. The van der Waals surface area contributed by atoms with E-state index in [2.05, 4.69) is 24.3 Å². The number of allylic oxidation sites excluding steroid dienone is 12. The highest BCUT2D eigenvalue weighted by atomic mass is 16.6. The number of aliphatic imine (C=N–C) groups is 4. The molecule has 8 bridgehead atoms. The van der Waals surface area contributed by atoms with Gasteiger partial charge in [-0.05, 0) is 95.1 Å². The Hall–Kier alpha value is -7.32. The first kappa shape index (κ1) is 30.7. The smallest absolute Gasteiger partial charge is 0.269 e. The number of hydrogen-bond donors (Lipinski definition) is 1. The molecule has 0 radical (unpaired) electrons. The van der Waals surface area contributed by atoms with E-state index in [1.807, 2.05) is 97.1 Å². The second kappa shape index (κ2) is 12.5. The van der Waals surface area contributed by atoms with Gasteiger partial charge in [-0.2, -0.15) is 0 Å². The Morgan fingerprint density at radius 2 is 0.712 bits per heavy atom. The molecule has 0 unspecified atom stereocenters. The molecule has 8 heteroatoms. The number of nitro benzene ring substituents is 1. The molecule has 4 aromatic rings. The molecule has 5 heterocycles. The Bertz CT molecular complexity index is 2590.